The fourth-order valence-corrected chi connectivity index (χ4v) is 1.40. The van der Waals surface area contributed by atoms with E-state index in [9.17, 15) is 5.11 Å². The van der Waals surface area contributed by atoms with Gasteiger partial charge in [0.05, 0.1) is 5.60 Å². The van der Waals surface area contributed by atoms with Crippen LogP contribution in [0.15, 0.2) is 36.0 Å². The topological polar surface area (TPSA) is 57.5 Å². The number of carbonyl (C=O) groups is 1. The molecule has 3 heteroatoms. The van der Waals surface area contributed by atoms with E-state index in [1.807, 2.05) is 0 Å². The van der Waals surface area contributed by atoms with E-state index in [4.69, 9.17) is 9.90 Å². The molecule has 0 heterocycles. The van der Waals surface area contributed by atoms with Gasteiger partial charge in [0.1, 0.15) is 0 Å². The van der Waals surface area contributed by atoms with Crippen LogP contribution in [-0.2, 0) is 4.79 Å². The Morgan fingerprint density at radius 2 is 1.65 bits per heavy atom. The molecule has 0 bridgehead atoms. The molecule has 0 saturated carbocycles. The predicted octanol–water partition coefficient (Wildman–Crippen LogP) is 4.49. The predicted molar refractivity (Wildman–Crippen MR) is 85.8 cm³/mol. The lowest BCUT2D eigenvalue weighted by atomic mass is 9.99. The van der Waals surface area contributed by atoms with Crippen LogP contribution in [0.25, 0.3) is 0 Å². The Hall–Kier alpha value is -1.35. The summed E-state index contributed by atoms with van der Waals surface area (Å²) in [5, 5.41) is 17.1. The minimum atomic E-state index is -0.833. The Kier molecular flexibility index (Phi) is 12.0. The monoisotopic (exact) mass is 282 g/mol. The number of hydrogen-bond acceptors (Lipinski definition) is 2. The largest absolute Gasteiger partial charge is 0.481 e. The van der Waals surface area contributed by atoms with Crippen LogP contribution in [0.5, 0.6) is 0 Å². The lowest BCUT2D eigenvalue weighted by Crippen LogP contribution is -2.19. The van der Waals surface area contributed by atoms with Crippen LogP contribution in [0.4, 0.5) is 0 Å². The Bertz CT molecular complexity index is 341. The summed E-state index contributed by atoms with van der Waals surface area (Å²) in [6, 6.07) is 0. The Morgan fingerprint density at radius 1 is 1.15 bits per heavy atom. The summed E-state index contributed by atoms with van der Waals surface area (Å²) in [5.41, 5.74) is 2.05. The minimum absolute atomic E-state index is 0.726. The molecule has 20 heavy (non-hydrogen) atoms. The molecule has 0 aliphatic heterocycles. The van der Waals surface area contributed by atoms with Crippen LogP contribution < -0.4 is 0 Å². The second kappa shape index (κ2) is 11.5. The first-order valence-corrected chi connectivity index (χ1v) is 6.95. The molecule has 0 spiro atoms. The lowest BCUT2D eigenvalue weighted by Gasteiger charge is -2.16. The summed E-state index contributed by atoms with van der Waals surface area (Å²) in [6.45, 7) is 12.9. The van der Waals surface area contributed by atoms with Gasteiger partial charge in [0, 0.05) is 6.92 Å². The van der Waals surface area contributed by atoms with Crippen LogP contribution in [-0.4, -0.2) is 21.8 Å². The van der Waals surface area contributed by atoms with E-state index in [1.165, 1.54) is 11.1 Å². The number of aliphatic hydroxyl groups is 1. The van der Waals surface area contributed by atoms with Gasteiger partial charge in [-0.1, -0.05) is 29.4 Å². The van der Waals surface area contributed by atoms with Gasteiger partial charge in [-0.15, -0.1) is 6.58 Å². The highest BCUT2D eigenvalue weighted by Gasteiger charge is 2.13. The highest BCUT2D eigenvalue weighted by molar-refractivity contribution is 5.62. The van der Waals surface area contributed by atoms with Gasteiger partial charge >= 0.3 is 0 Å². The van der Waals surface area contributed by atoms with Crippen molar-refractivity contribution in [2.24, 2.45) is 0 Å². The fourth-order valence-electron chi connectivity index (χ4n) is 1.40. The van der Waals surface area contributed by atoms with E-state index in [2.05, 4.69) is 39.5 Å². The third-order valence-corrected chi connectivity index (χ3v) is 2.67. The van der Waals surface area contributed by atoms with Crippen molar-refractivity contribution < 1.29 is 15.0 Å². The molecule has 116 valence electrons. The lowest BCUT2D eigenvalue weighted by molar-refractivity contribution is -0.134. The van der Waals surface area contributed by atoms with Gasteiger partial charge in [0.25, 0.3) is 5.97 Å². The van der Waals surface area contributed by atoms with E-state index in [-0.39, 0.29) is 0 Å². The number of aliphatic carboxylic acids is 1. The van der Waals surface area contributed by atoms with Crippen molar-refractivity contribution in [3.8, 4) is 0 Å². The molecule has 0 aromatic heterocycles. The second-order valence-corrected chi connectivity index (χ2v) is 5.49. The zero-order valence-corrected chi connectivity index (χ0v) is 13.6. The second-order valence-electron chi connectivity index (χ2n) is 5.49. The van der Waals surface area contributed by atoms with Gasteiger partial charge in [0.15, 0.2) is 0 Å². The molecule has 0 aromatic carbocycles. The Labute approximate surface area is 123 Å². The number of hydrogen-bond donors (Lipinski definition) is 2. The van der Waals surface area contributed by atoms with Crippen molar-refractivity contribution in [3.05, 3.63) is 36.0 Å². The first-order valence-electron chi connectivity index (χ1n) is 6.95. The molecule has 0 aromatic rings. The molecular weight excluding hydrogens is 252 g/mol. The zero-order chi connectivity index (χ0) is 16.2. The molecule has 0 rings (SSSR count). The van der Waals surface area contributed by atoms with Crippen LogP contribution in [0.3, 0.4) is 0 Å². The summed E-state index contributed by atoms with van der Waals surface area (Å²) < 4.78 is 0. The van der Waals surface area contributed by atoms with Crippen LogP contribution in [0.2, 0.25) is 0 Å². The minimum Gasteiger partial charge on any atom is -0.481 e. The summed E-state index contributed by atoms with van der Waals surface area (Å²) in [5.74, 6) is -0.833. The summed E-state index contributed by atoms with van der Waals surface area (Å²) in [6.07, 6.45) is 9.98. The highest BCUT2D eigenvalue weighted by atomic mass is 16.4. The molecular formula is C17H30O3. The molecule has 0 saturated heterocycles. The van der Waals surface area contributed by atoms with E-state index in [0.717, 1.165) is 32.6 Å². The number of allylic oxidation sites excluding steroid dienone is 4. The first-order chi connectivity index (χ1) is 9.10. The normalized spacial score (nSPS) is 13.6. The van der Waals surface area contributed by atoms with Crippen molar-refractivity contribution in [1.29, 1.82) is 0 Å². The average Bonchev–Trinajstić information content (AvgIpc) is 2.27. The van der Waals surface area contributed by atoms with Gasteiger partial charge in [-0.25, -0.2) is 0 Å². The van der Waals surface area contributed by atoms with E-state index < -0.39 is 11.6 Å². The third kappa shape index (κ3) is 19.0. The first kappa shape index (κ1) is 21.0. The standard InChI is InChI=1S/C15H26O.C2H4O2/c1-6-15(5,16)12-8-11-14(4)10-7-9-13(2)3;1-2(3)4/h6,9,11,16H,1,7-8,10,12H2,2-5H3;1H3,(H,3,4). The molecule has 0 aliphatic carbocycles. The van der Waals surface area contributed by atoms with Crippen molar-refractivity contribution >= 4 is 5.97 Å². The van der Waals surface area contributed by atoms with Gasteiger partial charge in [-0.05, 0) is 53.4 Å². The molecule has 0 aliphatic rings. The van der Waals surface area contributed by atoms with Crippen molar-refractivity contribution in [1.82, 2.24) is 0 Å². The van der Waals surface area contributed by atoms with Gasteiger partial charge in [-0.2, -0.15) is 0 Å². The molecule has 0 radical (unpaired) electrons. The van der Waals surface area contributed by atoms with Crippen LogP contribution in [0, 0.1) is 0 Å². The SMILES string of the molecule is C=CC(C)(O)CCC=C(C)CCC=C(C)C.CC(=O)O. The van der Waals surface area contributed by atoms with E-state index in [0.29, 0.717) is 0 Å². The maximum atomic E-state index is 9.73. The van der Waals surface area contributed by atoms with Gasteiger partial charge in [-0.3, -0.25) is 4.79 Å². The van der Waals surface area contributed by atoms with Crippen LogP contribution >= 0.6 is 0 Å². The number of rotatable bonds is 7. The number of carboxylic acids is 1. The van der Waals surface area contributed by atoms with E-state index in [1.54, 1.807) is 13.0 Å². The van der Waals surface area contributed by atoms with Crippen molar-refractivity contribution in [2.75, 3.05) is 0 Å². The summed E-state index contributed by atoms with van der Waals surface area (Å²) in [4.78, 5) is 9.00. The molecule has 2 N–H and O–H groups in total. The zero-order valence-electron chi connectivity index (χ0n) is 13.6. The smallest absolute Gasteiger partial charge is 0.300 e. The van der Waals surface area contributed by atoms with Crippen LogP contribution in [0.1, 0.15) is 60.3 Å². The van der Waals surface area contributed by atoms with Crippen molar-refractivity contribution in [2.45, 2.75) is 65.9 Å². The summed E-state index contributed by atoms with van der Waals surface area (Å²) >= 11 is 0. The molecule has 1 unspecified atom stereocenters. The fraction of sp³-hybridized carbons (Fsp3) is 0.588. The van der Waals surface area contributed by atoms with Crippen molar-refractivity contribution in [3.63, 3.8) is 0 Å². The van der Waals surface area contributed by atoms with E-state index >= 15 is 0 Å². The Morgan fingerprint density at radius 3 is 2.05 bits per heavy atom. The molecule has 0 fully saturated rings. The third-order valence-electron chi connectivity index (χ3n) is 2.67. The van der Waals surface area contributed by atoms with Gasteiger partial charge < -0.3 is 10.2 Å². The molecule has 1 atom stereocenters. The maximum Gasteiger partial charge on any atom is 0.300 e. The summed E-state index contributed by atoms with van der Waals surface area (Å²) in [7, 11) is 0. The number of carboxylic acid groups (broad SMARTS) is 1. The molecule has 3 nitrogen and oxygen atoms in total. The average molecular weight is 282 g/mol. The Balaban J connectivity index is 0. The highest BCUT2D eigenvalue weighted by Crippen LogP contribution is 2.15. The molecule has 0 amide bonds. The maximum absolute atomic E-state index is 9.73. The quantitative estimate of drug-likeness (QED) is 0.676. The van der Waals surface area contributed by atoms with Gasteiger partial charge in [0.2, 0.25) is 0 Å².